The van der Waals surface area contributed by atoms with E-state index in [1.165, 1.54) is 24.3 Å². The molecule has 0 spiro atoms. The highest BCUT2D eigenvalue weighted by atomic mass is 32.2. The number of thioether (sulfide) groups is 1. The number of amides is 1. The van der Waals surface area contributed by atoms with Crippen molar-refractivity contribution in [1.82, 2.24) is 5.32 Å². The van der Waals surface area contributed by atoms with E-state index in [1.54, 1.807) is 0 Å². The van der Waals surface area contributed by atoms with Gasteiger partial charge in [-0.15, -0.1) is 0 Å². The van der Waals surface area contributed by atoms with Gasteiger partial charge in [0.15, 0.2) is 0 Å². The van der Waals surface area contributed by atoms with Crippen molar-refractivity contribution < 1.29 is 32.6 Å². The molecule has 126 valence electrons. The third-order valence-electron chi connectivity index (χ3n) is 3.46. The van der Waals surface area contributed by atoms with Gasteiger partial charge in [0.2, 0.25) is 0 Å². The molecule has 1 saturated heterocycles. The van der Waals surface area contributed by atoms with Crippen LogP contribution in [-0.4, -0.2) is 41.2 Å². The molecule has 0 bridgehead atoms. The average molecular weight is 349 g/mol. The predicted molar refractivity (Wildman–Crippen MR) is 76.2 cm³/mol. The van der Waals surface area contributed by atoms with Crippen LogP contribution in [0.2, 0.25) is 0 Å². The van der Waals surface area contributed by atoms with Crippen LogP contribution in [0.25, 0.3) is 0 Å². The second-order valence-corrected chi connectivity index (χ2v) is 6.16. The van der Waals surface area contributed by atoms with Gasteiger partial charge in [0, 0.05) is 36.5 Å². The second kappa shape index (κ2) is 6.79. The molecule has 0 aromatic heterocycles. The molecule has 5 nitrogen and oxygen atoms in total. The van der Waals surface area contributed by atoms with Gasteiger partial charge in [-0.2, -0.15) is 13.2 Å². The lowest BCUT2D eigenvalue weighted by molar-refractivity contribution is -0.148. The quantitative estimate of drug-likeness (QED) is 0.818. The van der Waals surface area contributed by atoms with Crippen LogP contribution in [0.5, 0.6) is 0 Å². The number of halogens is 3. The number of ether oxygens (including phenoxy) is 1. The van der Waals surface area contributed by atoms with Crippen molar-refractivity contribution in [2.45, 2.75) is 28.8 Å². The Morgan fingerprint density at radius 2 is 1.74 bits per heavy atom. The molecule has 0 saturated carbocycles. The van der Waals surface area contributed by atoms with E-state index in [0.29, 0.717) is 0 Å². The van der Waals surface area contributed by atoms with Crippen molar-refractivity contribution >= 4 is 23.6 Å². The van der Waals surface area contributed by atoms with E-state index < -0.39 is 22.9 Å². The Kier molecular flexibility index (Phi) is 5.20. The van der Waals surface area contributed by atoms with Crippen molar-refractivity contribution in [3.05, 3.63) is 29.8 Å². The summed E-state index contributed by atoms with van der Waals surface area (Å²) >= 11 is -0.281. The van der Waals surface area contributed by atoms with E-state index in [1.807, 2.05) is 0 Å². The van der Waals surface area contributed by atoms with E-state index in [9.17, 15) is 27.9 Å². The fourth-order valence-corrected chi connectivity index (χ4v) is 2.75. The first-order valence-electron chi connectivity index (χ1n) is 6.71. The fraction of sp³-hybridized carbons (Fsp3) is 0.429. The Morgan fingerprint density at radius 1 is 1.17 bits per heavy atom. The topological polar surface area (TPSA) is 75.6 Å². The molecular formula is C14H14F3NO4S. The van der Waals surface area contributed by atoms with Crippen molar-refractivity contribution in [2.24, 2.45) is 0 Å². The van der Waals surface area contributed by atoms with E-state index >= 15 is 0 Å². The number of benzene rings is 1. The monoisotopic (exact) mass is 349 g/mol. The smallest absolute Gasteiger partial charge is 0.446 e. The molecule has 1 aromatic rings. The summed E-state index contributed by atoms with van der Waals surface area (Å²) in [6.07, 6.45) is 0.270. The number of carboxylic acid groups (broad SMARTS) is 1. The third-order valence-corrected chi connectivity index (χ3v) is 4.20. The highest BCUT2D eigenvalue weighted by molar-refractivity contribution is 8.00. The van der Waals surface area contributed by atoms with Gasteiger partial charge in [0.05, 0.1) is 0 Å². The number of alkyl halides is 3. The third kappa shape index (κ3) is 4.61. The minimum Gasteiger partial charge on any atom is -0.480 e. The predicted octanol–water partition coefficient (Wildman–Crippen LogP) is 2.66. The molecule has 2 N–H and O–H groups in total. The molecule has 1 aliphatic rings. The number of carbonyl (C=O) groups excluding carboxylic acids is 1. The molecule has 0 atom stereocenters. The van der Waals surface area contributed by atoms with Crippen molar-refractivity contribution in [2.75, 3.05) is 13.2 Å². The zero-order chi connectivity index (χ0) is 17.1. The Hall–Kier alpha value is -1.74. The lowest BCUT2D eigenvalue weighted by Gasteiger charge is -2.33. The molecule has 1 fully saturated rings. The maximum Gasteiger partial charge on any atom is 0.446 e. The minimum absolute atomic E-state index is 0.0481. The molecule has 0 unspecified atom stereocenters. The summed E-state index contributed by atoms with van der Waals surface area (Å²) in [6.45, 7) is 0.432. The maximum atomic E-state index is 12.3. The molecule has 1 heterocycles. The van der Waals surface area contributed by atoms with Gasteiger partial charge in [0.1, 0.15) is 5.54 Å². The molecule has 0 radical (unpaired) electrons. The Labute approximate surface area is 134 Å². The molecule has 2 rings (SSSR count). The van der Waals surface area contributed by atoms with Crippen LogP contribution >= 0.6 is 11.8 Å². The zero-order valence-electron chi connectivity index (χ0n) is 11.9. The minimum atomic E-state index is -4.40. The van der Waals surface area contributed by atoms with Gasteiger partial charge in [-0.25, -0.2) is 4.79 Å². The van der Waals surface area contributed by atoms with Crippen LogP contribution < -0.4 is 5.32 Å². The lowest BCUT2D eigenvalue weighted by atomic mass is 9.89. The van der Waals surface area contributed by atoms with Crippen molar-refractivity contribution in [1.29, 1.82) is 0 Å². The normalized spacial score (nSPS) is 17.5. The van der Waals surface area contributed by atoms with E-state index in [4.69, 9.17) is 4.74 Å². The molecule has 23 heavy (non-hydrogen) atoms. The molecule has 9 heteroatoms. The van der Waals surface area contributed by atoms with Crippen molar-refractivity contribution in [3.8, 4) is 0 Å². The van der Waals surface area contributed by atoms with Crippen LogP contribution in [0.3, 0.4) is 0 Å². The lowest BCUT2D eigenvalue weighted by Crippen LogP contribution is -2.57. The van der Waals surface area contributed by atoms with Gasteiger partial charge in [0.25, 0.3) is 5.91 Å². The number of aliphatic carboxylic acids is 1. The number of hydrogen-bond acceptors (Lipinski definition) is 4. The highest BCUT2D eigenvalue weighted by Gasteiger charge is 2.41. The van der Waals surface area contributed by atoms with E-state index in [0.717, 1.165) is 0 Å². The van der Waals surface area contributed by atoms with Gasteiger partial charge in [-0.3, -0.25) is 4.79 Å². The zero-order valence-corrected chi connectivity index (χ0v) is 12.7. The van der Waals surface area contributed by atoms with E-state index in [2.05, 4.69) is 5.32 Å². The summed E-state index contributed by atoms with van der Waals surface area (Å²) in [5, 5.41) is 11.8. The summed E-state index contributed by atoms with van der Waals surface area (Å²) in [5.74, 6) is -1.80. The Balaban J connectivity index is 2.09. The number of rotatable bonds is 4. The molecule has 0 aliphatic carbocycles. The summed E-state index contributed by atoms with van der Waals surface area (Å²) < 4.78 is 41.9. The van der Waals surface area contributed by atoms with E-state index in [-0.39, 0.29) is 48.3 Å². The summed E-state index contributed by atoms with van der Waals surface area (Å²) in [6, 6.07) is 4.81. The average Bonchev–Trinajstić information content (AvgIpc) is 2.47. The standard InChI is InChI=1S/C14H14F3NO4S/c15-14(16,17)23-10-3-1-9(2-4-10)11(19)18-13(12(20)21)5-7-22-8-6-13/h1-4H,5-8H2,(H,18,19)(H,20,21). The molecule has 1 aliphatic heterocycles. The first-order chi connectivity index (χ1) is 10.7. The van der Waals surface area contributed by atoms with Crippen LogP contribution in [0.4, 0.5) is 13.2 Å². The van der Waals surface area contributed by atoms with Gasteiger partial charge in [-0.05, 0) is 36.0 Å². The Morgan fingerprint density at radius 3 is 2.22 bits per heavy atom. The van der Waals surface area contributed by atoms with Crippen LogP contribution in [0, 0.1) is 0 Å². The fourth-order valence-electron chi connectivity index (χ4n) is 2.21. The van der Waals surface area contributed by atoms with Crippen LogP contribution in [-0.2, 0) is 9.53 Å². The molecule has 1 aromatic carbocycles. The van der Waals surface area contributed by atoms with Crippen molar-refractivity contribution in [3.63, 3.8) is 0 Å². The number of carbonyl (C=O) groups is 2. The SMILES string of the molecule is O=C(NC1(C(=O)O)CCOCC1)c1ccc(SC(F)(F)F)cc1. The van der Waals surface area contributed by atoms with Gasteiger partial charge < -0.3 is 15.2 Å². The van der Waals surface area contributed by atoms with Gasteiger partial charge in [-0.1, -0.05) is 0 Å². The molecular weight excluding hydrogens is 335 g/mol. The second-order valence-electron chi connectivity index (χ2n) is 5.03. The maximum absolute atomic E-state index is 12.3. The highest BCUT2D eigenvalue weighted by Crippen LogP contribution is 2.36. The van der Waals surface area contributed by atoms with Gasteiger partial charge >= 0.3 is 11.5 Å². The van der Waals surface area contributed by atoms with Crippen LogP contribution in [0.1, 0.15) is 23.2 Å². The molecule has 1 amide bonds. The largest absolute Gasteiger partial charge is 0.480 e. The number of nitrogens with one attached hydrogen (secondary N) is 1. The first-order valence-corrected chi connectivity index (χ1v) is 7.53. The number of hydrogen-bond donors (Lipinski definition) is 2. The van der Waals surface area contributed by atoms with Crippen LogP contribution in [0.15, 0.2) is 29.2 Å². The summed E-state index contributed by atoms with van der Waals surface area (Å²) in [4.78, 5) is 23.6. The summed E-state index contributed by atoms with van der Waals surface area (Å²) in [5.41, 5.74) is -5.71. The number of carboxylic acids is 1. The summed E-state index contributed by atoms with van der Waals surface area (Å²) in [7, 11) is 0. The Bertz CT molecular complexity index is 583. The first kappa shape index (κ1) is 17.6.